The van der Waals surface area contributed by atoms with Crippen LogP contribution in [-0.4, -0.2) is 10.2 Å². The molecule has 2 N–H and O–H groups in total. The van der Waals surface area contributed by atoms with Gasteiger partial charge >= 0.3 is 6.12 Å². The Morgan fingerprint density at radius 2 is 1.29 bits per heavy atom. The summed E-state index contributed by atoms with van der Waals surface area (Å²) in [6.07, 6.45) is -2.86. The summed E-state index contributed by atoms with van der Waals surface area (Å²) in [5, 5.41) is 18.8. The Hall–Kier alpha value is -1.23. The van der Waals surface area contributed by atoms with E-state index in [-0.39, 0.29) is 11.5 Å². The lowest BCUT2D eigenvalue weighted by atomic mass is 10.2. The average molecular weight is 342 g/mol. The number of aryl methyl sites for hydroxylation is 2. The molecule has 0 atom stereocenters. The topological polar surface area (TPSA) is 58.9 Å². The summed E-state index contributed by atoms with van der Waals surface area (Å²) in [6.45, 7) is 3.59. The molecule has 0 bridgehead atoms. The van der Waals surface area contributed by atoms with E-state index in [1.807, 2.05) is 0 Å². The van der Waals surface area contributed by atoms with Crippen molar-refractivity contribution in [3.05, 3.63) is 47.5 Å². The van der Waals surface area contributed by atoms with Gasteiger partial charge in [0.25, 0.3) is 0 Å². The van der Waals surface area contributed by atoms with Crippen molar-refractivity contribution < 1.29 is 19.3 Å². The molecule has 0 amide bonds. The van der Waals surface area contributed by atoms with Crippen LogP contribution >= 0.6 is 18.4 Å². The molecule has 0 unspecified atom stereocenters. The molecule has 0 heterocycles. The van der Waals surface area contributed by atoms with Gasteiger partial charge in [0.1, 0.15) is 11.5 Å². The second-order valence-electron chi connectivity index (χ2n) is 4.55. The van der Waals surface area contributed by atoms with E-state index in [2.05, 4.69) is 12.2 Å². The Morgan fingerprint density at radius 3 is 1.62 bits per heavy atom. The first-order valence-corrected chi connectivity index (χ1v) is 9.87. The molecule has 0 aliphatic carbocycles. The minimum Gasteiger partial charge on any atom is -0.508 e. The van der Waals surface area contributed by atoms with E-state index < -0.39 is 6.12 Å². The quantitative estimate of drug-likeness (QED) is 0.439. The Balaban J connectivity index is 2.18. The lowest BCUT2D eigenvalue weighted by Gasteiger charge is -2.24. The third-order valence-corrected chi connectivity index (χ3v) is 4.54. The van der Waals surface area contributed by atoms with Crippen molar-refractivity contribution in [2.24, 2.45) is 0 Å². The molecule has 21 heavy (non-hydrogen) atoms. The molecule has 112 valence electrons. The van der Waals surface area contributed by atoms with Crippen molar-refractivity contribution in [2.45, 2.75) is 13.8 Å². The van der Waals surface area contributed by atoms with Gasteiger partial charge in [0.05, 0.1) is 12.2 Å². The molecule has 0 radical (unpaired) electrons. The van der Waals surface area contributed by atoms with Gasteiger partial charge < -0.3 is 31.5 Å². The zero-order valence-corrected chi connectivity index (χ0v) is 14.1. The zero-order chi connectivity index (χ0) is 15.6. The van der Waals surface area contributed by atoms with E-state index in [9.17, 15) is 10.2 Å². The monoisotopic (exact) mass is 342 g/mol. The number of hydrogen-bond acceptors (Lipinski definition) is 6. The zero-order valence-electron chi connectivity index (χ0n) is 11.5. The van der Waals surface area contributed by atoms with E-state index >= 15 is 0 Å². The molecule has 0 spiro atoms. The van der Waals surface area contributed by atoms with Crippen LogP contribution < -0.4 is 9.05 Å². The molecule has 7 heteroatoms. The molecule has 2 aromatic carbocycles. The van der Waals surface area contributed by atoms with E-state index in [0.717, 1.165) is 11.1 Å². The van der Waals surface area contributed by atoms with Crippen molar-refractivity contribution in [1.29, 1.82) is 0 Å². The highest BCUT2D eigenvalue weighted by Gasteiger charge is 2.27. The van der Waals surface area contributed by atoms with Crippen LogP contribution in [0.15, 0.2) is 36.4 Å². The second-order valence-corrected chi connectivity index (χ2v) is 9.69. The average Bonchev–Trinajstić information content (AvgIpc) is 2.36. The third-order valence-electron chi connectivity index (χ3n) is 2.74. The maximum atomic E-state index is 9.39. The minimum absolute atomic E-state index is 0.155. The molecule has 0 aliphatic rings. The van der Waals surface area contributed by atoms with Crippen LogP contribution in [0.2, 0.25) is 0 Å². The van der Waals surface area contributed by atoms with Crippen LogP contribution in [-0.2, 0) is 12.2 Å². The van der Waals surface area contributed by atoms with E-state index in [4.69, 9.17) is 21.3 Å². The number of benzene rings is 2. The molecule has 0 aliphatic heterocycles. The summed E-state index contributed by atoms with van der Waals surface area (Å²) < 4.78 is 11.3. The number of phenols is 2. The highest BCUT2D eigenvalue weighted by Crippen LogP contribution is 2.63. The summed E-state index contributed by atoms with van der Waals surface area (Å²) in [4.78, 5) is 0. The van der Waals surface area contributed by atoms with Crippen LogP contribution in [0.1, 0.15) is 11.1 Å². The first kappa shape index (κ1) is 16.1. The molecule has 2 rings (SSSR count). The fourth-order valence-corrected chi connectivity index (χ4v) is 3.69. The number of hydrogen-bond donors (Lipinski definition) is 3. The first-order valence-electron chi connectivity index (χ1n) is 6.08. The summed E-state index contributed by atoms with van der Waals surface area (Å²) in [5.74, 6) is 1.34. The third kappa shape index (κ3) is 4.37. The second kappa shape index (κ2) is 6.26. The summed E-state index contributed by atoms with van der Waals surface area (Å²) >= 11 is 9.61. The van der Waals surface area contributed by atoms with Crippen LogP contribution in [0.3, 0.4) is 0 Å². The van der Waals surface area contributed by atoms with Crippen LogP contribution in [0.25, 0.3) is 0 Å². The highest BCUT2D eigenvalue weighted by molar-refractivity contribution is 8.76. The van der Waals surface area contributed by atoms with Crippen LogP contribution in [0.5, 0.6) is 23.0 Å². The van der Waals surface area contributed by atoms with E-state index in [0.29, 0.717) is 11.5 Å². The normalized spacial score (nSPS) is 11.2. The number of thiol groups is 1. The summed E-state index contributed by atoms with van der Waals surface area (Å²) in [6, 6.07) is 9.41. The largest absolute Gasteiger partial charge is 0.508 e. The first-order chi connectivity index (χ1) is 9.77. The Labute approximate surface area is 134 Å². The van der Waals surface area contributed by atoms with Gasteiger partial charge in [0.2, 0.25) is 0 Å². The number of rotatable bonds is 4. The van der Waals surface area contributed by atoms with Gasteiger partial charge in [-0.1, -0.05) is 0 Å². The van der Waals surface area contributed by atoms with Crippen molar-refractivity contribution >= 4 is 30.6 Å². The molecular formula is C14H15O4PS2. The minimum atomic E-state index is -2.86. The van der Waals surface area contributed by atoms with Gasteiger partial charge in [-0.25, -0.2) is 0 Å². The molecule has 4 nitrogen and oxygen atoms in total. The van der Waals surface area contributed by atoms with Crippen molar-refractivity contribution in [3.8, 4) is 23.0 Å². The van der Waals surface area contributed by atoms with Gasteiger partial charge in [-0.3, -0.25) is 0 Å². The SMILES string of the molecule is Cc1cc(O)ccc1O[P+]([S-])(S)Oc1ccc(O)cc1C. The summed E-state index contributed by atoms with van der Waals surface area (Å²) in [7, 11) is 0. The van der Waals surface area contributed by atoms with Gasteiger partial charge in [-0.2, -0.15) is 0 Å². The van der Waals surface area contributed by atoms with Crippen molar-refractivity contribution in [2.75, 3.05) is 0 Å². The molecular weight excluding hydrogens is 327 g/mol. The Bertz CT molecular complexity index is 606. The number of phenolic OH excluding ortho intramolecular Hbond substituents is 2. The Kier molecular flexibility index (Phi) is 4.81. The predicted octanol–water partition coefficient (Wildman–Crippen LogP) is 4.33. The lowest BCUT2D eigenvalue weighted by molar-refractivity contribution is 0.467. The molecule has 2 aromatic rings. The predicted molar refractivity (Wildman–Crippen MR) is 90.2 cm³/mol. The molecule has 0 saturated heterocycles. The van der Waals surface area contributed by atoms with Gasteiger partial charge in [0.15, 0.2) is 11.5 Å². The fraction of sp³-hybridized carbons (Fsp3) is 0.143. The van der Waals surface area contributed by atoms with Gasteiger partial charge in [-0.15, -0.1) is 0 Å². The van der Waals surface area contributed by atoms with Crippen LogP contribution in [0, 0.1) is 13.8 Å². The maximum absolute atomic E-state index is 9.39. The molecule has 0 saturated carbocycles. The van der Waals surface area contributed by atoms with E-state index in [1.165, 1.54) is 12.1 Å². The van der Waals surface area contributed by atoms with Crippen LogP contribution in [0.4, 0.5) is 0 Å². The summed E-state index contributed by atoms with van der Waals surface area (Å²) in [5.41, 5.74) is 1.48. The van der Waals surface area contributed by atoms with Gasteiger partial charge in [-0.05, 0) is 50.2 Å². The van der Waals surface area contributed by atoms with Gasteiger partial charge in [0, 0.05) is 11.1 Å². The number of aromatic hydroxyl groups is 2. The molecule has 0 aromatic heterocycles. The van der Waals surface area contributed by atoms with Crippen molar-refractivity contribution in [3.63, 3.8) is 0 Å². The maximum Gasteiger partial charge on any atom is 0.307 e. The smallest absolute Gasteiger partial charge is 0.307 e. The fourth-order valence-electron chi connectivity index (χ4n) is 1.74. The molecule has 0 fully saturated rings. The standard InChI is InChI=1S/C14H15O4PS2/c1-9-7-11(15)3-5-13(9)17-19(20,21)18-14-6-4-12(16)8-10(14)2/h3-8,15-16H,1-2H3,(H,20,21). The lowest BCUT2D eigenvalue weighted by Crippen LogP contribution is -2.02. The van der Waals surface area contributed by atoms with Crippen molar-refractivity contribution in [1.82, 2.24) is 0 Å². The highest BCUT2D eigenvalue weighted by atomic mass is 33.1. The Morgan fingerprint density at radius 1 is 0.905 bits per heavy atom. The van der Waals surface area contributed by atoms with E-state index in [1.54, 1.807) is 38.1 Å².